The van der Waals surface area contributed by atoms with Crippen LogP contribution in [0.4, 0.5) is 11.4 Å². The standard InChI is InChI=1S/C22H29N3O9S2/c1-31-16-5-7-21(33-3)19(13-16)25(35(4,27)28)15-22(26)23-18-14-17(6-8-20(18)32-2)36(29,30)24-9-11-34-12-10-24/h5-8,13-14H,9-12,15H2,1-4H3,(H,23,26). The quantitative estimate of drug-likeness (QED) is 0.467. The Labute approximate surface area is 210 Å². The first kappa shape index (κ1) is 27.5. The number of ether oxygens (including phenoxy) is 4. The summed E-state index contributed by atoms with van der Waals surface area (Å²) in [6.45, 7) is 0.373. The number of anilines is 2. The minimum atomic E-state index is -3.93. The van der Waals surface area contributed by atoms with Crippen LogP contribution in [-0.2, 0) is 29.6 Å². The number of nitrogens with one attached hydrogen (secondary N) is 1. The number of carbonyl (C=O) groups is 1. The van der Waals surface area contributed by atoms with Crippen LogP contribution in [0.15, 0.2) is 41.3 Å². The minimum Gasteiger partial charge on any atom is -0.497 e. The first-order valence-electron chi connectivity index (χ1n) is 10.8. The van der Waals surface area contributed by atoms with E-state index in [0.29, 0.717) is 5.75 Å². The van der Waals surface area contributed by atoms with E-state index in [-0.39, 0.29) is 54.1 Å². The molecule has 1 fully saturated rings. The summed E-state index contributed by atoms with van der Waals surface area (Å²) < 4.78 is 74.4. The van der Waals surface area contributed by atoms with Crippen LogP contribution in [0.2, 0.25) is 0 Å². The van der Waals surface area contributed by atoms with E-state index in [1.807, 2.05) is 0 Å². The average molecular weight is 544 g/mol. The highest BCUT2D eigenvalue weighted by Gasteiger charge is 2.28. The van der Waals surface area contributed by atoms with E-state index in [4.69, 9.17) is 18.9 Å². The van der Waals surface area contributed by atoms with Gasteiger partial charge in [-0.3, -0.25) is 9.10 Å². The molecule has 14 heteroatoms. The molecule has 1 amide bonds. The van der Waals surface area contributed by atoms with Gasteiger partial charge in [-0.25, -0.2) is 16.8 Å². The van der Waals surface area contributed by atoms with E-state index in [1.165, 1.54) is 56.0 Å². The molecule has 36 heavy (non-hydrogen) atoms. The SMILES string of the molecule is COc1ccc(OC)c(N(CC(=O)Nc2cc(S(=O)(=O)N3CCOCC3)ccc2OC)S(C)(=O)=O)c1. The Morgan fingerprint density at radius 2 is 1.61 bits per heavy atom. The number of benzene rings is 2. The molecular weight excluding hydrogens is 514 g/mol. The van der Waals surface area contributed by atoms with Crippen LogP contribution in [0.5, 0.6) is 17.2 Å². The van der Waals surface area contributed by atoms with Crippen molar-refractivity contribution in [1.82, 2.24) is 4.31 Å². The summed E-state index contributed by atoms with van der Waals surface area (Å²) in [5, 5.41) is 2.57. The van der Waals surface area contributed by atoms with E-state index < -0.39 is 32.5 Å². The highest BCUT2D eigenvalue weighted by molar-refractivity contribution is 7.92. The molecule has 0 unspecified atom stereocenters. The van der Waals surface area contributed by atoms with Gasteiger partial charge in [-0.2, -0.15) is 4.31 Å². The predicted molar refractivity (Wildman–Crippen MR) is 133 cm³/mol. The van der Waals surface area contributed by atoms with Crippen molar-refractivity contribution in [1.29, 1.82) is 0 Å². The molecule has 2 aromatic carbocycles. The zero-order chi connectivity index (χ0) is 26.5. The molecule has 0 saturated carbocycles. The number of amides is 1. The van der Waals surface area contributed by atoms with E-state index in [2.05, 4.69) is 5.32 Å². The summed E-state index contributed by atoms with van der Waals surface area (Å²) in [6.07, 6.45) is 0.954. The predicted octanol–water partition coefficient (Wildman–Crippen LogP) is 1.14. The lowest BCUT2D eigenvalue weighted by atomic mass is 10.2. The summed E-state index contributed by atoms with van der Waals surface area (Å²) in [5.41, 5.74) is 0.174. The molecule has 1 aliphatic rings. The van der Waals surface area contributed by atoms with Crippen molar-refractivity contribution >= 4 is 37.3 Å². The topological polar surface area (TPSA) is 141 Å². The van der Waals surface area contributed by atoms with Gasteiger partial charge in [0.05, 0.1) is 57.1 Å². The summed E-state index contributed by atoms with van der Waals surface area (Å²) in [4.78, 5) is 13.0. The second-order valence-electron chi connectivity index (χ2n) is 7.73. The molecule has 2 aromatic rings. The van der Waals surface area contributed by atoms with E-state index in [0.717, 1.165) is 10.6 Å². The summed E-state index contributed by atoms with van der Waals surface area (Å²) in [5.74, 6) is 0.0476. The third-order valence-corrected chi connectivity index (χ3v) is 8.42. The van der Waals surface area contributed by atoms with Gasteiger partial charge in [0.25, 0.3) is 0 Å². The van der Waals surface area contributed by atoms with Gasteiger partial charge < -0.3 is 24.3 Å². The molecule has 1 aliphatic heterocycles. The Kier molecular flexibility index (Phi) is 8.66. The van der Waals surface area contributed by atoms with Crippen LogP contribution in [0.1, 0.15) is 0 Å². The van der Waals surface area contributed by atoms with Crippen LogP contribution < -0.4 is 23.8 Å². The molecule has 1 heterocycles. The number of methoxy groups -OCH3 is 3. The van der Waals surface area contributed by atoms with Crippen LogP contribution >= 0.6 is 0 Å². The highest BCUT2D eigenvalue weighted by atomic mass is 32.2. The monoisotopic (exact) mass is 543 g/mol. The fourth-order valence-electron chi connectivity index (χ4n) is 3.57. The zero-order valence-electron chi connectivity index (χ0n) is 20.4. The maximum absolute atomic E-state index is 13.1. The normalized spacial score (nSPS) is 14.7. The molecule has 0 aromatic heterocycles. The molecule has 1 saturated heterocycles. The van der Waals surface area contributed by atoms with Gasteiger partial charge in [-0.15, -0.1) is 0 Å². The lowest BCUT2D eigenvalue weighted by Gasteiger charge is -2.26. The van der Waals surface area contributed by atoms with Crippen LogP contribution in [-0.4, -0.2) is 87.5 Å². The van der Waals surface area contributed by atoms with E-state index in [9.17, 15) is 21.6 Å². The molecule has 12 nitrogen and oxygen atoms in total. The average Bonchev–Trinajstić information content (AvgIpc) is 2.86. The van der Waals surface area contributed by atoms with Gasteiger partial charge in [-0.1, -0.05) is 0 Å². The smallest absolute Gasteiger partial charge is 0.245 e. The molecule has 0 bridgehead atoms. The second kappa shape index (κ2) is 11.3. The summed E-state index contributed by atoms with van der Waals surface area (Å²) in [6, 6.07) is 8.62. The van der Waals surface area contributed by atoms with Crippen molar-refractivity contribution in [2.45, 2.75) is 4.90 Å². The van der Waals surface area contributed by atoms with Crippen LogP contribution in [0.25, 0.3) is 0 Å². The number of hydrogen-bond donors (Lipinski definition) is 1. The first-order valence-corrected chi connectivity index (χ1v) is 14.1. The van der Waals surface area contributed by atoms with Gasteiger partial charge in [-0.05, 0) is 30.3 Å². The minimum absolute atomic E-state index is 0.0464. The van der Waals surface area contributed by atoms with Crippen molar-refractivity contribution in [3.8, 4) is 17.2 Å². The fourth-order valence-corrected chi connectivity index (χ4v) is 5.86. The molecule has 3 rings (SSSR count). The van der Waals surface area contributed by atoms with Gasteiger partial charge in [0.1, 0.15) is 23.8 Å². The third kappa shape index (κ3) is 6.19. The molecule has 0 spiro atoms. The van der Waals surface area contributed by atoms with E-state index in [1.54, 1.807) is 6.07 Å². The Morgan fingerprint density at radius 3 is 2.19 bits per heavy atom. The maximum atomic E-state index is 13.1. The summed E-state index contributed by atoms with van der Waals surface area (Å²) >= 11 is 0. The number of nitrogens with zero attached hydrogens (tertiary/aromatic N) is 2. The lowest BCUT2D eigenvalue weighted by Crippen LogP contribution is -2.40. The Morgan fingerprint density at radius 1 is 0.972 bits per heavy atom. The number of sulfonamides is 2. The highest BCUT2D eigenvalue weighted by Crippen LogP contribution is 2.34. The van der Waals surface area contributed by atoms with Crippen molar-refractivity contribution in [3.05, 3.63) is 36.4 Å². The van der Waals surface area contributed by atoms with Crippen molar-refractivity contribution < 1.29 is 40.6 Å². The van der Waals surface area contributed by atoms with Crippen molar-refractivity contribution in [2.75, 3.05) is 70.1 Å². The molecule has 198 valence electrons. The lowest BCUT2D eigenvalue weighted by molar-refractivity contribution is -0.114. The Bertz CT molecular complexity index is 1310. The van der Waals surface area contributed by atoms with Gasteiger partial charge >= 0.3 is 0 Å². The molecule has 1 N–H and O–H groups in total. The van der Waals surface area contributed by atoms with E-state index >= 15 is 0 Å². The van der Waals surface area contributed by atoms with Gasteiger partial charge in [0, 0.05) is 19.2 Å². The Hall–Kier alpha value is -3.07. The number of hydrogen-bond acceptors (Lipinski definition) is 9. The van der Waals surface area contributed by atoms with Crippen molar-refractivity contribution in [2.24, 2.45) is 0 Å². The second-order valence-corrected chi connectivity index (χ2v) is 11.6. The number of carbonyl (C=O) groups excluding carboxylic acids is 1. The molecule has 0 radical (unpaired) electrons. The van der Waals surface area contributed by atoms with Gasteiger partial charge in [0.15, 0.2) is 0 Å². The Balaban J connectivity index is 1.91. The first-order chi connectivity index (χ1) is 17.0. The van der Waals surface area contributed by atoms with Crippen LogP contribution in [0, 0.1) is 0 Å². The zero-order valence-corrected chi connectivity index (χ0v) is 22.0. The summed E-state index contributed by atoms with van der Waals surface area (Å²) in [7, 11) is -3.61. The molecule has 0 aliphatic carbocycles. The maximum Gasteiger partial charge on any atom is 0.245 e. The van der Waals surface area contributed by atoms with Crippen LogP contribution in [0.3, 0.4) is 0 Å². The van der Waals surface area contributed by atoms with Crippen molar-refractivity contribution in [3.63, 3.8) is 0 Å². The molecular formula is C22H29N3O9S2. The molecule has 0 atom stereocenters. The third-order valence-electron chi connectivity index (χ3n) is 5.40. The number of rotatable bonds is 10. The number of morpholine rings is 1. The largest absolute Gasteiger partial charge is 0.497 e. The fraction of sp³-hybridized carbons (Fsp3) is 0.409. The van der Waals surface area contributed by atoms with Gasteiger partial charge in [0.2, 0.25) is 26.0 Å².